The predicted molar refractivity (Wildman–Crippen MR) is 149 cm³/mol. The number of rotatable bonds is 12. The molecule has 1 atom stereocenters. The number of aliphatic hydroxyl groups excluding tert-OH is 1. The van der Waals surface area contributed by atoms with Crippen LogP contribution in [0, 0.1) is 6.92 Å². The highest BCUT2D eigenvalue weighted by molar-refractivity contribution is 7.99. The molecule has 0 bridgehead atoms. The molecule has 0 aliphatic heterocycles. The highest BCUT2D eigenvalue weighted by Gasteiger charge is 2.21. The van der Waals surface area contributed by atoms with Gasteiger partial charge in [-0.3, -0.25) is 0 Å². The van der Waals surface area contributed by atoms with Crippen LogP contribution < -0.4 is 9.46 Å². The lowest BCUT2D eigenvalue weighted by atomic mass is 10.1. The highest BCUT2D eigenvalue weighted by atomic mass is 32.2. The SMILES string of the molecule is Cc1ccc(S(=O)(=O)N[C@H](CSc2ccccc2CO)Cc2ccc(OCc3ccccc3)cc2)cc1. The average Bonchev–Trinajstić information content (AvgIpc) is 2.92. The van der Waals surface area contributed by atoms with Crippen LogP contribution in [0.2, 0.25) is 0 Å². The van der Waals surface area contributed by atoms with Gasteiger partial charge in [0.05, 0.1) is 11.5 Å². The quantitative estimate of drug-likeness (QED) is 0.227. The lowest BCUT2D eigenvalue weighted by Gasteiger charge is -2.20. The van der Waals surface area contributed by atoms with E-state index in [1.165, 1.54) is 11.8 Å². The van der Waals surface area contributed by atoms with Gasteiger partial charge in [0.1, 0.15) is 12.4 Å². The molecule has 0 aliphatic carbocycles. The topological polar surface area (TPSA) is 75.6 Å². The Morgan fingerprint density at radius 3 is 2.22 bits per heavy atom. The van der Waals surface area contributed by atoms with E-state index in [0.29, 0.717) is 18.8 Å². The summed E-state index contributed by atoms with van der Waals surface area (Å²) in [5, 5.41) is 9.68. The van der Waals surface area contributed by atoms with Crippen LogP contribution in [0.1, 0.15) is 22.3 Å². The summed E-state index contributed by atoms with van der Waals surface area (Å²) < 4.78 is 35.1. The second kappa shape index (κ2) is 12.9. The van der Waals surface area contributed by atoms with Crippen LogP contribution in [0.25, 0.3) is 0 Å². The maximum Gasteiger partial charge on any atom is 0.240 e. The standard InChI is InChI=1S/C30H31NO4S2/c1-23-11-17-29(18-12-23)37(33,34)31-27(22-36-30-10-6-5-9-26(30)20-32)19-24-13-15-28(16-14-24)35-21-25-7-3-2-4-8-25/h2-18,27,31-32H,19-22H2,1H3/t27-/m0/s1. The van der Waals surface area contributed by atoms with E-state index in [-0.39, 0.29) is 17.5 Å². The molecule has 0 unspecified atom stereocenters. The fraction of sp³-hybridized carbons (Fsp3) is 0.200. The molecule has 4 rings (SSSR count). The fourth-order valence-electron chi connectivity index (χ4n) is 3.85. The van der Waals surface area contributed by atoms with Gasteiger partial charge in [0.15, 0.2) is 0 Å². The zero-order valence-corrected chi connectivity index (χ0v) is 22.3. The minimum absolute atomic E-state index is 0.0621. The summed E-state index contributed by atoms with van der Waals surface area (Å²) in [7, 11) is -3.70. The molecule has 37 heavy (non-hydrogen) atoms. The number of benzene rings is 4. The van der Waals surface area contributed by atoms with E-state index in [4.69, 9.17) is 4.74 Å². The maximum atomic E-state index is 13.2. The Bertz CT molecular complexity index is 1370. The summed E-state index contributed by atoms with van der Waals surface area (Å²) in [5.74, 6) is 1.27. The zero-order valence-electron chi connectivity index (χ0n) is 20.7. The molecule has 5 nitrogen and oxygen atoms in total. The van der Waals surface area contributed by atoms with Crippen LogP contribution in [-0.2, 0) is 29.7 Å². The molecule has 2 N–H and O–H groups in total. The Morgan fingerprint density at radius 2 is 1.51 bits per heavy atom. The summed E-state index contributed by atoms with van der Waals surface area (Å²) >= 11 is 1.53. The van der Waals surface area contributed by atoms with Crippen molar-refractivity contribution >= 4 is 21.8 Å². The lowest BCUT2D eigenvalue weighted by Crippen LogP contribution is -2.38. The monoisotopic (exact) mass is 533 g/mol. The van der Waals surface area contributed by atoms with Crippen molar-refractivity contribution in [1.82, 2.24) is 4.72 Å². The van der Waals surface area contributed by atoms with Gasteiger partial charge in [-0.25, -0.2) is 13.1 Å². The molecule has 0 aromatic heterocycles. The molecule has 192 valence electrons. The molecule has 0 saturated heterocycles. The van der Waals surface area contributed by atoms with Crippen molar-refractivity contribution in [3.05, 3.63) is 125 Å². The number of sulfonamides is 1. The maximum absolute atomic E-state index is 13.2. The Morgan fingerprint density at radius 1 is 0.838 bits per heavy atom. The van der Waals surface area contributed by atoms with E-state index in [9.17, 15) is 13.5 Å². The Hall–Kier alpha value is -3.10. The third-order valence-electron chi connectivity index (χ3n) is 5.89. The van der Waals surface area contributed by atoms with Crippen LogP contribution >= 0.6 is 11.8 Å². The van der Waals surface area contributed by atoms with Crippen molar-refractivity contribution in [3.63, 3.8) is 0 Å². The van der Waals surface area contributed by atoms with Crippen molar-refractivity contribution in [2.75, 3.05) is 5.75 Å². The normalized spacial score (nSPS) is 12.3. The lowest BCUT2D eigenvalue weighted by molar-refractivity contribution is 0.279. The van der Waals surface area contributed by atoms with Gasteiger partial charge in [-0.15, -0.1) is 11.8 Å². The third-order valence-corrected chi connectivity index (χ3v) is 8.70. The molecular formula is C30H31NO4S2. The molecule has 0 aliphatic rings. The smallest absolute Gasteiger partial charge is 0.240 e. The number of hydrogen-bond donors (Lipinski definition) is 2. The van der Waals surface area contributed by atoms with E-state index >= 15 is 0 Å². The van der Waals surface area contributed by atoms with Crippen LogP contribution in [0.3, 0.4) is 0 Å². The Labute approximate surface area is 223 Å². The summed E-state index contributed by atoms with van der Waals surface area (Å²) in [5.41, 5.74) is 3.92. The fourth-order valence-corrected chi connectivity index (χ4v) is 6.27. The van der Waals surface area contributed by atoms with Gasteiger partial charge >= 0.3 is 0 Å². The first-order chi connectivity index (χ1) is 17.9. The molecule has 0 saturated carbocycles. The van der Waals surface area contributed by atoms with E-state index in [1.807, 2.05) is 85.8 Å². The minimum Gasteiger partial charge on any atom is -0.489 e. The molecule has 0 fully saturated rings. The Kier molecular flexibility index (Phi) is 9.41. The summed E-state index contributed by atoms with van der Waals surface area (Å²) in [6.07, 6.45) is 0.512. The van der Waals surface area contributed by atoms with Crippen LogP contribution in [-0.4, -0.2) is 25.3 Å². The van der Waals surface area contributed by atoms with Crippen LogP contribution in [0.4, 0.5) is 0 Å². The molecular weight excluding hydrogens is 502 g/mol. The molecule has 7 heteroatoms. The zero-order chi connectivity index (χ0) is 26.1. The van der Waals surface area contributed by atoms with E-state index in [1.54, 1.807) is 24.3 Å². The number of aliphatic hydroxyl groups is 1. The number of aryl methyl sites for hydroxylation is 1. The summed E-state index contributed by atoms with van der Waals surface area (Å²) in [6, 6.07) is 31.9. The van der Waals surface area contributed by atoms with Gasteiger partial charge in [-0.05, 0) is 60.4 Å². The molecule has 0 heterocycles. The number of nitrogens with one attached hydrogen (secondary N) is 1. The van der Waals surface area contributed by atoms with Gasteiger partial charge in [-0.1, -0.05) is 78.4 Å². The molecule has 0 amide bonds. The first kappa shape index (κ1) is 26.9. The van der Waals surface area contributed by atoms with Gasteiger partial charge in [-0.2, -0.15) is 0 Å². The first-order valence-electron chi connectivity index (χ1n) is 12.1. The first-order valence-corrected chi connectivity index (χ1v) is 14.6. The van der Waals surface area contributed by atoms with E-state index < -0.39 is 10.0 Å². The van der Waals surface area contributed by atoms with E-state index in [2.05, 4.69) is 4.72 Å². The van der Waals surface area contributed by atoms with Crippen molar-refractivity contribution < 1.29 is 18.3 Å². The average molecular weight is 534 g/mol. The van der Waals surface area contributed by atoms with Gasteiger partial charge < -0.3 is 9.84 Å². The van der Waals surface area contributed by atoms with Crippen molar-refractivity contribution in [2.45, 2.75) is 42.4 Å². The molecule has 0 radical (unpaired) electrons. The summed E-state index contributed by atoms with van der Waals surface area (Å²) in [4.78, 5) is 1.18. The molecule has 4 aromatic rings. The predicted octanol–water partition coefficient (Wildman–Crippen LogP) is 5.75. The third kappa shape index (κ3) is 7.94. The van der Waals surface area contributed by atoms with Gasteiger partial charge in [0.25, 0.3) is 0 Å². The number of ether oxygens (including phenoxy) is 1. The number of hydrogen-bond acceptors (Lipinski definition) is 5. The van der Waals surface area contributed by atoms with Gasteiger partial charge in [0.2, 0.25) is 10.0 Å². The molecule has 0 spiro atoms. The largest absolute Gasteiger partial charge is 0.489 e. The van der Waals surface area contributed by atoms with Gasteiger partial charge in [0, 0.05) is 16.7 Å². The summed E-state index contributed by atoms with van der Waals surface area (Å²) in [6.45, 7) is 2.35. The van der Waals surface area contributed by atoms with E-state index in [0.717, 1.165) is 32.9 Å². The van der Waals surface area contributed by atoms with Crippen LogP contribution in [0.5, 0.6) is 5.75 Å². The molecule has 4 aromatic carbocycles. The second-order valence-electron chi connectivity index (χ2n) is 8.83. The van der Waals surface area contributed by atoms with Crippen molar-refractivity contribution in [2.24, 2.45) is 0 Å². The second-order valence-corrected chi connectivity index (χ2v) is 11.6. The minimum atomic E-state index is -3.70. The number of thioether (sulfide) groups is 1. The van der Waals surface area contributed by atoms with Crippen molar-refractivity contribution in [1.29, 1.82) is 0 Å². The Balaban J connectivity index is 1.47. The highest BCUT2D eigenvalue weighted by Crippen LogP contribution is 2.25. The van der Waals surface area contributed by atoms with Crippen LogP contribution in [0.15, 0.2) is 113 Å². The van der Waals surface area contributed by atoms with Crippen molar-refractivity contribution in [3.8, 4) is 5.75 Å².